The van der Waals surface area contributed by atoms with Gasteiger partial charge >= 0.3 is 5.97 Å². The van der Waals surface area contributed by atoms with Crippen molar-refractivity contribution in [3.8, 4) is 11.5 Å². The zero-order chi connectivity index (χ0) is 24.9. The first-order chi connectivity index (χ1) is 16.6. The molecule has 1 aromatic carbocycles. The number of hydrogen-bond donors (Lipinski definition) is 2. The van der Waals surface area contributed by atoms with Crippen LogP contribution in [0.1, 0.15) is 134 Å². The Balaban J connectivity index is 2.06. The van der Waals surface area contributed by atoms with Gasteiger partial charge in [-0.15, -0.1) is 0 Å². The van der Waals surface area contributed by atoms with E-state index in [-0.39, 0.29) is 5.75 Å². The number of carboxylic acid groups (broad SMARTS) is 1. The number of unbranched alkanes of at least 4 members (excludes halogenated alkanes) is 17. The van der Waals surface area contributed by atoms with Gasteiger partial charge in [-0.1, -0.05) is 122 Å². The average molecular weight is 475 g/mol. The molecule has 4 nitrogen and oxygen atoms in total. The first kappa shape index (κ1) is 30.1. The number of benzene rings is 1. The van der Waals surface area contributed by atoms with E-state index in [4.69, 9.17) is 9.84 Å². The third-order valence-corrected chi connectivity index (χ3v) is 6.67. The maximum absolute atomic E-state index is 10.9. The second kappa shape index (κ2) is 20.4. The number of carbonyl (C=O) groups is 1. The predicted molar refractivity (Wildman–Crippen MR) is 144 cm³/mol. The molecule has 1 aromatic rings. The molecular formula is C30H50O4. The zero-order valence-electron chi connectivity index (χ0n) is 22.0. The van der Waals surface area contributed by atoms with Crippen LogP contribution in [-0.2, 0) is 11.2 Å². The molecule has 0 heterocycles. The highest BCUT2D eigenvalue weighted by Gasteiger charge is 2.12. The van der Waals surface area contributed by atoms with E-state index < -0.39 is 5.97 Å². The predicted octanol–water partition coefficient (Wildman–Crippen LogP) is 9.08. The van der Waals surface area contributed by atoms with E-state index in [1.165, 1.54) is 103 Å². The van der Waals surface area contributed by atoms with Crippen molar-refractivity contribution in [1.82, 2.24) is 0 Å². The molecular weight excluding hydrogens is 424 g/mol. The number of ether oxygens (including phenoxy) is 1. The first-order valence-electron chi connectivity index (χ1n) is 13.9. The van der Waals surface area contributed by atoms with E-state index in [1.54, 1.807) is 25.3 Å². The van der Waals surface area contributed by atoms with E-state index in [9.17, 15) is 9.90 Å². The SMILES string of the molecule is CCCCCCCCCCCCCCCCCCCCc1c(C=CC(=O)O)ccc(O)c1OC. The largest absolute Gasteiger partial charge is 0.504 e. The number of rotatable bonds is 22. The van der Waals surface area contributed by atoms with Crippen LogP contribution < -0.4 is 4.74 Å². The lowest BCUT2D eigenvalue weighted by molar-refractivity contribution is -0.131. The van der Waals surface area contributed by atoms with Gasteiger partial charge in [-0.3, -0.25) is 0 Å². The van der Waals surface area contributed by atoms with Crippen LogP contribution in [0.25, 0.3) is 6.08 Å². The van der Waals surface area contributed by atoms with Gasteiger partial charge in [0.15, 0.2) is 11.5 Å². The van der Waals surface area contributed by atoms with Gasteiger partial charge in [0.05, 0.1) is 7.11 Å². The highest BCUT2D eigenvalue weighted by Crippen LogP contribution is 2.34. The monoisotopic (exact) mass is 474 g/mol. The van der Waals surface area contributed by atoms with Crippen LogP contribution in [0.5, 0.6) is 11.5 Å². The number of hydrogen-bond acceptors (Lipinski definition) is 3. The second-order valence-electron chi connectivity index (χ2n) is 9.62. The zero-order valence-corrected chi connectivity index (χ0v) is 22.0. The van der Waals surface area contributed by atoms with Crippen molar-refractivity contribution in [3.63, 3.8) is 0 Å². The quantitative estimate of drug-likeness (QED) is 0.130. The summed E-state index contributed by atoms with van der Waals surface area (Å²) >= 11 is 0. The molecule has 0 amide bonds. The summed E-state index contributed by atoms with van der Waals surface area (Å²) in [7, 11) is 1.54. The summed E-state index contributed by atoms with van der Waals surface area (Å²) in [6, 6.07) is 3.31. The topological polar surface area (TPSA) is 66.8 Å². The van der Waals surface area contributed by atoms with Crippen LogP contribution in [-0.4, -0.2) is 23.3 Å². The lowest BCUT2D eigenvalue weighted by atomic mass is 9.98. The Morgan fingerprint density at radius 1 is 0.765 bits per heavy atom. The van der Waals surface area contributed by atoms with Crippen molar-refractivity contribution in [3.05, 3.63) is 29.3 Å². The minimum Gasteiger partial charge on any atom is -0.504 e. The van der Waals surface area contributed by atoms with Crippen LogP contribution in [0, 0.1) is 0 Å². The molecule has 0 aromatic heterocycles. The summed E-state index contributed by atoms with van der Waals surface area (Å²) in [4.78, 5) is 10.9. The Morgan fingerprint density at radius 3 is 1.62 bits per heavy atom. The molecule has 0 aliphatic rings. The van der Waals surface area contributed by atoms with Crippen molar-refractivity contribution < 1.29 is 19.7 Å². The summed E-state index contributed by atoms with van der Waals surface area (Å²) in [5.74, 6) is -0.418. The maximum Gasteiger partial charge on any atom is 0.328 e. The molecule has 194 valence electrons. The Morgan fingerprint density at radius 2 is 1.21 bits per heavy atom. The molecule has 1 rings (SSSR count). The van der Waals surface area contributed by atoms with E-state index in [0.717, 1.165) is 36.5 Å². The van der Waals surface area contributed by atoms with Gasteiger partial charge in [-0.2, -0.15) is 0 Å². The minimum atomic E-state index is -0.980. The molecule has 34 heavy (non-hydrogen) atoms. The molecule has 0 bridgehead atoms. The molecule has 0 atom stereocenters. The molecule has 0 unspecified atom stereocenters. The van der Waals surface area contributed by atoms with Crippen LogP contribution >= 0.6 is 0 Å². The fourth-order valence-electron chi connectivity index (χ4n) is 4.64. The Kier molecular flexibility index (Phi) is 18.0. The van der Waals surface area contributed by atoms with Crippen molar-refractivity contribution in [2.24, 2.45) is 0 Å². The van der Waals surface area contributed by atoms with E-state index in [0.29, 0.717) is 5.75 Å². The molecule has 0 radical (unpaired) electrons. The smallest absolute Gasteiger partial charge is 0.328 e. The second-order valence-corrected chi connectivity index (χ2v) is 9.62. The molecule has 0 spiro atoms. The van der Waals surface area contributed by atoms with Crippen LogP contribution in [0.2, 0.25) is 0 Å². The van der Waals surface area contributed by atoms with E-state index in [2.05, 4.69) is 6.92 Å². The molecule has 0 saturated carbocycles. The first-order valence-corrected chi connectivity index (χ1v) is 13.9. The summed E-state index contributed by atoms with van der Waals surface area (Å²) in [5, 5.41) is 19.0. The number of aliphatic carboxylic acids is 1. The highest BCUT2D eigenvalue weighted by atomic mass is 16.5. The van der Waals surface area contributed by atoms with Gasteiger partial charge in [0.25, 0.3) is 0 Å². The lowest BCUT2D eigenvalue weighted by Gasteiger charge is -2.13. The number of aromatic hydroxyl groups is 1. The molecule has 0 aliphatic heterocycles. The van der Waals surface area contributed by atoms with Gasteiger partial charge < -0.3 is 14.9 Å². The third kappa shape index (κ3) is 14.3. The number of phenolic OH excluding ortho intramolecular Hbond substituents is 1. The average Bonchev–Trinajstić information content (AvgIpc) is 2.82. The maximum atomic E-state index is 10.9. The third-order valence-electron chi connectivity index (χ3n) is 6.67. The van der Waals surface area contributed by atoms with Crippen molar-refractivity contribution in [1.29, 1.82) is 0 Å². The molecule has 0 fully saturated rings. The van der Waals surface area contributed by atoms with E-state index >= 15 is 0 Å². The van der Waals surface area contributed by atoms with Gasteiger partial charge in [0, 0.05) is 11.6 Å². The number of methoxy groups -OCH3 is 1. The van der Waals surface area contributed by atoms with Crippen molar-refractivity contribution >= 4 is 12.0 Å². The van der Waals surface area contributed by atoms with E-state index in [1.807, 2.05) is 0 Å². The summed E-state index contributed by atoms with van der Waals surface area (Å²) < 4.78 is 5.38. The number of carboxylic acids is 1. The fraction of sp³-hybridized carbons (Fsp3) is 0.700. The lowest BCUT2D eigenvalue weighted by Crippen LogP contribution is -1.97. The van der Waals surface area contributed by atoms with Crippen molar-refractivity contribution in [2.75, 3.05) is 7.11 Å². The minimum absolute atomic E-state index is 0.104. The van der Waals surface area contributed by atoms with Gasteiger partial charge in [-0.05, 0) is 30.5 Å². The Bertz CT molecular complexity index is 681. The van der Waals surface area contributed by atoms with Gasteiger partial charge in [-0.25, -0.2) is 4.79 Å². The van der Waals surface area contributed by atoms with Crippen LogP contribution in [0.15, 0.2) is 18.2 Å². The standard InChI is InChI=1S/C30H50O4/c1-3-4-5-6-7-8-9-10-11-12-13-14-15-16-17-18-19-20-21-27-26(23-25-29(32)33)22-24-28(31)30(27)34-2/h22-25,31H,3-21H2,1-2H3,(H,32,33). The fourth-order valence-corrected chi connectivity index (χ4v) is 4.64. The highest BCUT2D eigenvalue weighted by molar-refractivity contribution is 5.86. The molecule has 0 saturated heterocycles. The molecule has 0 aliphatic carbocycles. The van der Waals surface area contributed by atoms with Crippen LogP contribution in [0.4, 0.5) is 0 Å². The van der Waals surface area contributed by atoms with Crippen LogP contribution in [0.3, 0.4) is 0 Å². The summed E-state index contributed by atoms with van der Waals surface area (Å²) in [5.41, 5.74) is 1.68. The molecule has 2 N–H and O–H groups in total. The number of phenols is 1. The summed E-state index contributed by atoms with van der Waals surface area (Å²) in [6.07, 6.45) is 27.7. The Labute approximate surface area is 208 Å². The van der Waals surface area contributed by atoms with Gasteiger partial charge in [0.1, 0.15) is 0 Å². The van der Waals surface area contributed by atoms with Gasteiger partial charge in [0.2, 0.25) is 0 Å². The summed E-state index contributed by atoms with van der Waals surface area (Å²) in [6.45, 7) is 2.28. The molecule has 4 heteroatoms. The Hall–Kier alpha value is -1.97. The normalized spacial score (nSPS) is 11.4. The van der Waals surface area contributed by atoms with Crippen molar-refractivity contribution in [2.45, 2.75) is 129 Å².